The fourth-order valence-electron chi connectivity index (χ4n) is 2.54. The quantitative estimate of drug-likeness (QED) is 0.430. The number of ether oxygens (including phenoxy) is 3. The molecule has 0 radical (unpaired) electrons. The molecule has 2 aromatic carbocycles. The molecule has 2 aromatic rings. The Hall–Kier alpha value is -3.42. The molecule has 0 bridgehead atoms. The van der Waals surface area contributed by atoms with Crippen LogP contribution in [0.15, 0.2) is 61.2 Å². The van der Waals surface area contributed by atoms with Crippen LogP contribution in [0, 0.1) is 0 Å². The first-order valence-corrected chi connectivity index (χ1v) is 8.92. The first-order chi connectivity index (χ1) is 14.2. The summed E-state index contributed by atoms with van der Waals surface area (Å²) < 4.78 is 52.4. The van der Waals surface area contributed by atoms with Crippen LogP contribution >= 0.6 is 0 Å². The van der Waals surface area contributed by atoms with Gasteiger partial charge in [-0.1, -0.05) is 36.9 Å². The van der Waals surface area contributed by atoms with Gasteiger partial charge in [0, 0.05) is 25.2 Å². The summed E-state index contributed by atoms with van der Waals surface area (Å²) in [5.41, 5.74) is 0.935. The Bertz CT molecular complexity index is 909. The number of hydrogen-bond donors (Lipinski definition) is 0. The van der Waals surface area contributed by atoms with E-state index >= 15 is 0 Å². The summed E-state index contributed by atoms with van der Waals surface area (Å²) in [7, 11) is 2.99. The molecule has 0 N–H and O–H groups in total. The Morgan fingerprint density at radius 2 is 1.87 bits per heavy atom. The molecule has 1 amide bonds. The van der Waals surface area contributed by atoms with E-state index in [1.165, 1.54) is 43.3 Å². The highest BCUT2D eigenvalue weighted by Crippen LogP contribution is 2.29. The van der Waals surface area contributed by atoms with E-state index < -0.39 is 6.36 Å². The lowest BCUT2D eigenvalue weighted by Crippen LogP contribution is -2.25. The van der Waals surface area contributed by atoms with E-state index in [-0.39, 0.29) is 23.8 Å². The van der Waals surface area contributed by atoms with Crippen LogP contribution < -0.4 is 14.2 Å². The lowest BCUT2D eigenvalue weighted by Gasteiger charge is -2.18. The van der Waals surface area contributed by atoms with E-state index in [4.69, 9.17) is 9.47 Å². The zero-order valence-corrected chi connectivity index (χ0v) is 16.6. The summed E-state index contributed by atoms with van der Waals surface area (Å²) in [5.74, 6) is 0.313. The molecule has 30 heavy (non-hydrogen) atoms. The summed E-state index contributed by atoms with van der Waals surface area (Å²) >= 11 is 0. The Morgan fingerprint density at radius 1 is 1.13 bits per heavy atom. The van der Waals surface area contributed by atoms with Crippen molar-refractivity contribution >= 4 is 12.0 Å². The number of nitrogens with zero attached hydrogens (tertiary/aromatic N) is 1. The van der Waals surface area contributed by atoms with E-state index in [1.54, 1.807) is 36.4 Å². The summed E-state index contributed by atoms with van der Waals surface area (Å²) in [5, 5.41) is 0. The molecule has 0 saturated heterocycles. The van der Waals surface area contributed by atoms with Crippen molar-refractivity contribution in [3.63, 3.8) is 0 Å². The van der Waals surface area contributed by atoms with Crippen LogP contribution in [0.1, 0.15) is 11.1 Å². The number of alkyl halides is 3. The third-order valence-electron chi connectivity index (χ3n) is 3.94. The Kier molecular flexibility index (Phi) is 7.91. The second-order valence-corrected chi connectivity index (χ2v) is 6.19. The standard InChI is InChI=1S/C22H22F3NO4/c1-4-13-29-19-11-9-16(14-20(19)28-3)10-12-21(27)26(2)15-17-7-5-6-8-18(17)30-22(23,24)25/h4-12,14H,1,13,15H2,2-3H3/b12-10+. The van der Waals surface area contributed by atoms with Crippen molar-refractivity contribution in [2.45, 2.75) is 12.9 Å². The average molecular weight is 421 g/mol. The van der Waals surface area contributed by atoms with E-state index in [0.717, 1.165) is 0 Å². The number of carbonyl (C=O) groups is 1. The molecule has 0 aliphatic heterocycles. The molecule has 8 heteroatoms. The minimum atomic E-state index is -4.81. The smallest absolute Gasteiger partial charge is 0.493 e. The van der Waals surface area contributed by atoms with Gasteiger partial charge in [-0.2, -0.15) is 0 Å². The molecule has 0 aliphatic rings. The van der Waals surface area contributed by atoms with E-state index in [2.05, 4.69) is 11.3 Å². The Morgan fingerprint density at radius 3 is 2.53 bits per heavy atom. The van der Waals surface area contributed by atoms with Crippen molar-refractivity contribution in [3.05, 3.63) is 72.3 Å². The highest BCUT2D eigenvalue weighted by Gasteiger charge is 2.32. The number of carbonyl (C=O) groups excluding carboxylic acids is 1. The molecule has 0 heterocycles. The summed E-state index contributed by atoms with van der Waals surface area (Å²) in [4.78, 5) is 13.7. The molecular weight excluding hydrogens is 399 g/mol. The maximum atomic E-state index is 12.5. The van der Waals surface area contributed by atoms with Crippen LogP contribution in [-0.2, 0) is 11.3 Å². The highest BCUT2D eigenvalue weighted by atomic mass is 19.4. The van der Waals surface area contributed by atoms with Gasteiger partial charge >= 0.3 is 6.36 Å². The van der Waals surface area contributed by atoms with Crippen LogP contribution in [-0.4, -0.2) is 37.9 Å². The van der Waals surface area contributed by atoms with Gasteiger partial charge in [-0.3, -0.25) is 4.79 Å². The molecule has 0 spiro atoms. The van der Waals surface area contributed by atoms with Crippen molar-refractivity contribution in [1.29, 1.82) is 0 Å². The fraction of sp³-hybridized carbons (Fsp3) is 0.227. The van der Waals surface area contributed by atoms with Gasteiger partial charge in [0.2, 0.25) is 5.91 Å². The van der Waals surface area contributed by atoms with Crippen LogP contribution in [0.25, 0.3) is 6.08 Å². The largest absolute Gasteiger partial charge is 0.573 e. The zero-order chi connectivity index (χ0) is 22.1. The third-order valence-corrected chi connectivity index (χ3v) is 3.94. The predicted molar refractivity (Wildman–Crippen MR) is 107 cm³/mol. The SMILES string of the molecule is C=CCOc1ccc(/C=C/C(=O)N(C)Cc2ccccc2OC(F)(F)F)cc1OC. The maximum absolute atomic E-state index is 12.5. The fourth-order valence-corrected chi connectivity index (χ4v) is 2.54. The van der Waals surface area contributed by atoms with Crippen molar-refractivity contribution in [1.82, 2.24) is 4.90 Å². The van der Waals surface area contributed by atoms with Crippen molar-refractivity contribution in [3.8, 4) is 17.2 Å². The van der Waals surface area contributed by atoms with Gasteiger partial charge in [0.15, 0.2) is 11.5 Å². The minimum Gasteiger partial charge on any atom is -0.493 e. The van der Waals surface area contributed by atoms with E-state index in [0.29, 0.717) is 23.7 Å². The molecule has 2 rings (SSSR count). The minimum absolute atomic E-state index is 0.0485. The van der Waals surface area contributed by atoms with Crippen molar-refractivity contribution in [2.75, 3.05) is 20.8 Å². The first-order valence-electron chi connectivity index (χ1n) is 8.92. The molecule has 0 fully saturated rings. The number of likely N-dealkylation sites (N-methyl/N-ethyl adjacent to an activating group) is 1. The molecule has 0 aromatic heterocycles. The number of benzene rings is 2. The number of methoxy groups -OCH3 is 1. The number of halogens is 3. The predicted octanol–water partition coefficient (Wildman–Crippen LogP) is 4.83. The second-order valence-electron chi connectivity index (χ2n) is 6.19. The lowest BCUT2D eigenvalue weighted by atomic mass is 10.1. The lowest BCUT2D eigenvalue weighted by molar-refractivity contribution is -0.275. The molecule has 0 unspecified atom stereocenters. The second kappa shape index (κ2) is 10.4. The number of rotatable bonds is 9. The van der Waals surface area contributed by atoms with Gasteiger partial charge in [0.05, 0.1) is 7.11 Å². The average Bonchev–Trinajstić information content (AvgIpc) is 2.71. The van der Waals surface area contributed by atoms with Crippen LogP contribution in [0.5, 0.6) is 17.2 Å². The molecule has 0 atom stereocenters. The van der Waals surface area contributed by atoms with Crippen molar-refractivity contribution in [2.24, 2.45) is 0 Å². The molecule has 160 valence electrons. The van der Waals surface area contributed by atoms with E-state index in [9.17, 15) is 18.0 Å². The Balaban J connectivity index is 2.08. The molecule has 5 nitrogen and oxygen atoms in total. The van der Waals surface area contributed by atoms with Crippen LogP contribution in [0.4, 0.5) is 13.2 Å². The van der Waals surface area contributed by atoms with Gasteiger partial charge in [-0.15, -0.1) is 13.2 Å². The van der Waals surface area contributed by atoms with Gasteiger partial charge in [0.1, 0.15) is 12.4 Å². The van der Waals surface area contributed by atoms with Crippen LogP contribution in [0.2, 0.25) is 0 Å². The third kappa shape index (κ3) is 6.88. The number of amides is 1. The highest BCUT2D eigenvalue weighted by molar-refractivity contribution is 5.91. The molecule has 0 aliphatic carbocycles. The summed E-state index contributed by atoms with van der Waals surface area (Å²) in [6.07, 6.45) is -0.290. The Labute approximate surface area is 173 Å². The van der Waals surface area contributed by atoms with Gasteiger partial charge in [0.25, 0.3) is 0 Å². The normalized spacial score (nSPS) is 11.2. The van der Waals surface area contributed by atoms with Crippen LogP contribution in [0.3, 0.4) is 0 Å². The monoisotopic (exact) mass is 421 g/mol. The topological polar surface area (TPSA) is 48.0 Å². The van der Waals surface area contributed by atoms with E-state index in [1.807, 2.05) is 0 Å². The summed E-state index contributed by atoms with van der Waals surface area (Å²) in [6, 6.07) is 10.9. The molecule has 0 saturated carbocycles. The van der Waals surface area contributed by atoms with Crippen molar-refractivity contribution < 1.29 is 32.2 Å². The van der Waals surface area contributed by atoms with Gasteiger partial charge < -0.3 is 19.1 Å². The van der Waals surface area contributed by atoms with Gasteiger partial charge in [-0.25, -0.2) is 0 Å². The number of hydrogen-bond acceptors (Lipinski definition) is 4. The summed E-state index contributed by atoms with van der Waals surface area (Å²) in [6.45, 7) is 3.86. The zero-order valence-electron chi connectivity index (χ0n) is 16.6. The molecular formula is C22H22F3NO4. The maximum Gasteiger partial charge on any atom is 0.573 e. The number of para-hydroxylation sites is 1. The van der Waals surface area contributed by atoms with Gasteiger partial charge in [-0.05, 0) is 29.8 Å². The first kappa shape index (κ1) is 22.9.